The molecule has 1 aromatic rings. The summed E-state index contributed by atoms with van der Waals surface area (Å²) in [4.78, 5) is 11.7. The molecule has 1 rings (SSSR count). The summed E-state index contributed by atoms with van der Waals surface area (Å²) in [5.41, 5.74) is 2.11. The maximum atomic E-state index is 11.7. The fraction of sp³-hybridized carbons (Fsp3) is 0.500. The maximum absolute atomic E-state index is 11.7. The molecular formula is C14H21NO3. The van der Waals surface area contributed by atoms with Gasteiger partial charge in [-0.05, 0) is 12.5 Å². The summed E-state index contributed by atoms with van der Waals surface area (Å²) < 4.78 is 4.83. The molecule has 0 saturated carbocycles. The quantitative estimate of drug-likeness (QED) is 0.747. The van der Waals surface area contributed by atoms with E-state index in [-0.39, 0.29) is 11.8 Å². The normalized spacial score (nSPS) is 14.0. The smallest absolute Gasteiger partial charge is 0.249 e. The van der Waals surface area contributed by atoms with Crippen LogP contribution in [0.4, 0.5) is 0 Å². The number of amides is 1. The molecule has 1 amide bonds. The topological polar surface area (TPSA) is 58.6 Å². The number of carbonyl (C=O) groups is 1. The third kappa shape index (κ3) is 4.13. The van der Waals surface area contributed by atoms with Crippen LogP contribution in [-0.4, -0.2) is 37.4 Å². The van der Waals surface area contributed by atoms with Gasteiger partial charge in [0.1, 0.15) is 6.10 Å². The molecule has 100 valence electrons. The van der Waals surface area contributed by atoms with Gasteiger partial charge in [0.25, 0.3) is 0 Å². The number of ether oxygens (including phenoxy) is 1. The molecule has 0 radical (unpaired) electrons. The molecule has 2 N–H and O–H groups in total. The summed E-state index contributed by atoms with van der Waals surface area (Å²) in [5.74, 6) is -0.590. The summed E-state index contributed by atoms with van der Waals surface area (Å²) in [5, 5.41) is 12.6. The van der Waals surface area contributed by atoms with E-state index in [1.165, 1.54) is 0 Å². The summed E-state index contributed by atoms with van der Waals surface area (Å²) in [6.45, 7) is 4.69. The van der Waals surface area contributed by atoms with Crippen LogP contribution in [0.25, 0.3) is 0 Å². The van der Waals surface area contributed by atoms with Crippen LogP contribution >= 0.6 is 0 Å². The molecule has 0 spiro atoms. The van der Waals surface area contributed by atoms with Crippen LogP contribution in [0.1, 0.15) is 24.0 Å². The molecule has 4 heteroatoms. The van der Waals surface area contributed by atoms with Crippen LogP contribution in [0.5, 0.6) is 0 Å². The molecule has 0 saturated heterocycles. The van der Waals surface area contributed by atoms with Crippen LogP contribution in [-0.2, 0) is 9.53 Å². The van der Waals surface area contributed by atoms with Gasteiger partial charge in [0.05, 0.1) is 6.61 Å². The number of nitrogens with one attached hydrogen (secondary N) is 1. The van der Waals surface area contributed by atoms with Crippen molar-refractivity contribution in [1.82, 2.24) is 5.32 Å². The van der Waals surface area contributed by atoms with Crippen LogP contribution < -0.4 is 5.32 Å². The number of aryl methyl sites for hydroxylation is 1. The number of benzene rings is 1. The fourth-order valence-electron chi connectivity index (χ4n) is 1.66. The lowest BCUT2D eigenvalue weighted by Crippen LogP contribution is -2.39. The van der Waals surface area contributed by atoms with Crippen molar-refractivity contribution in [2.45, 2.75) is 25.9 Å². The van der Waals surface area contributed by atoms with Crippen molar-refractivity contribution in [3.8, 4) is 0 Å². The van der Waals surface area contributed by atoms with Gasteiger partial charge in [-0.3, -0.25) is 4.79 Å². The molecule has 0 aromatic heterocycles. The van der Waals surface area contributed by atoms with Gasteiger partial charge < -0.3 is 15.2 Å². The van der Waals surface area contributed by atoms with Crippen molar-refractivity contribution in [2.75, 3.05) is 20.3 Å². The van der Waals surface area contributed by atoms with Crippen molar-refractivity contribution >= 4 is 5.91 Å². The van der Waals surface area contributed by atoms with E-state index in [4.69, 9.17) is 4.74 Å². The first-order valence-corrected chi connectivity index (χ1v) is 6.07. The highest BCUT2D eigenvalue weighted by molar-refractivity contribution is 5.81. The summed E-state index contributed by atoms with van der Waals surface area (Å²) in [7, 11) is 1.57. The number of hydrogen-bond donors (Lipinski definition) is 2. The van der Waals surface area contributed by atoms with Gasteiger partial charge in [0, 0.05) is 19.6 Å². The zero-order chi connectivity index (χ0) is 13.5. The molecule has 0 aliphatic heterocycles. The third-order valence-corrected chi connectivity index (χ3v) is 2.95. The molecule has 0 bridgehead atoms. The summed E-state index contributed by atoms with van der Waals surface area (Å²) in [6.07, 6.45) is -1.04. The summed E-state index contributed by atoms with van der Waals surface area (Å²) in [6, 6.07) is 7.82. The van der Waals surface area contributed by atoms with Crippen LogP contribution in [0, 0.1) is 6.92 Å². The Hall–Kier alpha value is -1.39. The van der Waals surface area contributed by atoms with Gasteiger partial charge in [-0.25, -0.2) is 0 Å². The van der Waals surface area contributed by atoms with E-state index >= 15 is 0 Å². The van der Waals surface area contributed by atoms with E-state index < -0.39 is 6.10 Å². The van der Waals surface area contributed by atoms with Gasteiger partial charge in [-0.2, -0.15) is 0 Å². The molecule has 0 aliphatic rings. The molecule has 18 heavy (non-hydrogen) atoms. The van der Waals surface area contributed by atoms with Crippen LogP contribution in [0.15, 0.2) is 24.3 Å². The van der Waals surface area contributed by atoms with Crippen molar-refractivity contribution in [3.05, 3.63) is 35.4 Å². The van der Waals surface area contributed by atoms with Crippen LogP contribution in [0.3, 0.4) is 0 Å². The molecule has 0 aliphatic carbocycles. The first-order chi connectivity index (χ1) is 8.56. The monoisotopic (exact) mass is 251 g/mol. The zero-order valence-corrected chi connectivity index (χ0v) is 11.1. The number of aliphatic hydroxyl groups excluding tert-OH is 1. The van der Waals surface area contributed by atoms with E-state index in [9.17, 15) is 9.90 Å². The van der Waals surface area contributed by atoms with Crippen molar-refractivity contribution < 1.29 is 14.6 Å². The second-order valence-corrected chi connectivity index (χ2v) is 4.43. The van der Waals surface area contributed by atoms with Gasteiger partial charge in [0.15, 0.2) is 0 Å². The van der Waals surface area contributed by atoms with E-state index in [0.717, 1.165) is 11.1 Å². The number of hydrogen-bond acceptors (Lipinski definition) is 3. The standard InChI is InChI=1S/C14H21NO3/c1-10-4-6-12(7-5-10)11(2)13(16)14(17)15-8-9-18-3/h4-7,11,13,16H,8-9H2,1-3H3,(H,15,17)/t11-,13-/m1/s1. The molecule has 0 heterocycles. The lowest BCUT2D eigenvalue weighted by Gasteiger charge is -2.18. The minimum Gasteiger partial charge on any atom is -0.383 e. The SMILES string of the molecule is COCCNC(=O)[C@H](O)[C@H](C)c1ccc(C)cc1. The van der Waals surface area contributed by atoms with E-state index in [1.54, 1.807) is 7.11 Å². The zero-order valence-electron chi connectivity index (χ0n) is 11.1. The third-order valence-electron chi connectivity index (χ3n) is 2.95. The van der Waals surface area contributed by atoms with Gasteiger partial charge >= 0.3 is 0 Å². The summed E-state index contributed by atoms with van der Waals surface area (Å²) >= 11 is 0. The number of carbonyl (C=O) groups excluding carboxylic acids is 1. The molecule has 0 unspecified atom stereocenters. The van der Waals surface area contributed by atoms with Crippen molar-refractivity contribution in [3.63, 3.8) is 0 Å². The minimum atomic E-state index is -1.04. The fourth-order valence-corrected chi connectivity index (χ4v) is 1.66. The van der Waals surface area contributed by atoms with E-state index in [1.807, 2.05) is 38.1 Å². The van der Waals surface area contributed by atoms with Crippen molar-refractivity contribution in [1.29, 1.82) is 0 Å². The van der Waals surface area contributed by atoms with Gasteiger partial charge in [-0.15, -0.1) is 0 Å². The highest BCUT2D eigenvalue weighted by Gasteiger charge is 2.23. The van der Waals surface area contributed by atoms with E-state index in [0.29, 0.717) is 13.2 Å². The number of methoxy groups -OCH3 is 1. The Balaban J connectivity index is 2.57. The average molecular weight is 251 g/mol. The average Bonchev–Trinajstić information content (AvgIpc) is 2.38. The number of aliphatic hydroxyl groups is 1. The second kappa shape index (κ2) is 7.13. The Bertz CT molecular complexity index is 375. The molecule has 2 atom stereocenters. The lowest BCUT2D eigenvalue weighted by molar-refractivity contribution is -0.130. The van der Waals surface area contributed by atoms with Crippen LogP contribution in [0.2, 0.25) is 0 Å². The Morgan fingerprint density at radius 3 is 2.56 bits per heavy atom. The predicted molar refractivity (Wildman–Crippen MR) is 70.5 cm³/mol. The minimum absolute atomic E-state index is 0.229. The number of rotatable bonds is 6. The Kier molecular flexibility index (Phi) is 5.82. The van der Waals surface area contributed by atoms with Gasteiger partial charge in [-0.1, -0.05) is 36.8 Å². The maximum Gasteiger partial charge on any atom is 0.249 e. The second-order valence-electron chi connectivity index (χ2n) is 4.43. The van der Waals surface area contributed by atoms with Gasteiger partial charge in [0.2, 0.25) is 5.91 Å². The first-order valence-electron chi connectivity index (χ1n) is 6.07. The Morgan fingerprint density at radius 1 is 1.39 bits per heavy atom. The Labute approximate surface area is 108 Å². The predicted octanol–water partition coefficient (Wildman–Crippen LogP) is 1.22. The molecular weight excluding hydrogens is 230 g/mol. The molecule has 4 nitrogen and oxygen atoms in total. The largest absolute Gasteiger partial charge is 0.383 e. The molecule has 0 fully saturated rings. The Morgan fingerprint density at radius 2 is 2.00 bits per heavy atom. The van der Waals surface area contributed by atoms with Crippen molar-refractivity contribution in [2.24, 2.45) is 0 Å². The molecule has 1 aromatic carbocycles. The highest BCUT2D eigenvalue weighted by Crippen LogP contribution is 2.19. The van der Waals surface area contributed by atoms with E-state index in [2.05, 4.69) is 5.32 Å². The highest BCUT2D eigenvalue weighted by atomic mass is 16.5. The first kappa shape index (κ1) is 14.7. The lowest BCUT2D eigenvalue weighted by atomic mass is 9.94.